The first-order valence-electron chi connectivity index (χ1n) is 6.12. The Morgan fingerprint density at radius 2 is 2.00 bits per heavy atom. The Balaban J connectivity index is 2.45. The summed E-state index contributed by atoms with van der Waals surface area (Å²) in [7, 11) is 3.11. The molecule has 1 aromatic carbocycles. The zero-order valence-corrected chi connectivity index (χ0v) is 12.9. The molecule has 1 atom stereocenters. The van der Waals surface area contributed by atoms with Crippen molar-refractivity contribution >= 4 is 21.7 Å². The van der Waals surface area contributed by atoms with Gasteiger partial charge in [-0.15, -0.1) is 0 Å². The summed E-state index contributed by atoms with van der Waals surface area (Å²) in [5.74, 6) is 1.06. The van der Waals surface area contributed by atoms with Crippen molar-refractivity contribution in [3.63, 3.8) is 0 Å². The van der Waals surface area contributed by atoms with Gasteiger partial charge in [0.05, 0.1) is 24.3 Å². The van der Waals surface area contributed by atoms with Crippen LogP contribution in [0.5, 0.6) is 11.5 Å². The highest BCUT2D eigenvalue weighted by atomic mass is 79.9. The van der Waals surface area contributed by atoms with Crippen molar-refractivity contribution in [1.29, 1.82) is 0 Å². The summed E-state index contributed by atoms with van der Waals surface area (Å²) in [6.07, 6.45) is 1.63. The number of halogens is 1. The van der Waals surface area contributed by atoms with Crippen molar-refractivity contribution in [2.45, 2.75) is 25.4 Å². The maximum Gasteiger partial charge on any atom is 0.198 e. The lowest BCUT2D eigenvalue weighted by Gasteiger charge is -2.23. The first kappa shape index (κ1) is 14.3. The van der Waals surface area contributed by atoms with E-state index in [1.54, 1.807) is 26.4 Å². The highest BCUT2D eigenvalue weighted by Gasteiger charge is 2.39. The third-order valence-electron chi connectivity index (χ3n) is 3.42. The molecule has 0 bridgehead atoms. The molecule has 5 heteroatoms. The fourth-order valence-electron chi connectivity index (χ4n) is 2.28. The number of methoxy groups -OCH3 is 2. The van der Waals surface area contributed by atoms with Crippen LogP contribution in [-0.2, 0) is 4.74 Å². The van der Waals surface area contributed by atoms with Crippen molar-refractivity contribution in [3.05, 3.63) is 22.2 Å². The molecule has 1 heterocycles. The number of carbonyl (C=O) groups is 1. The maximum atomic E-state index is 12.7. The Bertz CT molecular complexity index is 492. The normalized spacial score (nSPS) is 22.3. The lowest BCUT2D eigenvalue weighted by atomic mass is 9.91. The Morgan fingerprint density at radius 3 is 2.53 bits per heavy atom. The SMILES string of the molecule is COc1cc(C(=O)C2(C)CCCO2)c(OC)cc1Br. The minimum atomic E-state index is -0.758. The van der Waals surface area contributed by atoms with Gasteiger partial charge in [0.1, 0.15) is 17.1 Å². The van der Waals surface area contributed by atoms with E-state index in [1.807, 2.05) is 6.92 Å². The quantitative estimate of drug-likeness (QED) is 0.796. The topological polar surface area (TPSA) is 44.8 Å². The van der Waals surface area contributed by atoms with Gasteiger partial charge in [0.2, 0.25) is 0 Å². The molecule has 19 heavy (non-hydrogen) atoms. The van der Waals surface area contributed by atoms with Crippen LogP contribution in [0.4, 0.5) is 0 Å². The van der Waals surface area contributed by atoms with Gasteiger partial charge in [-0.05, 0) is 47.8 Å². The van der Waals surface area contributed by atoms with Gasteiger partial charge < -0.3 is 14.2 Å². The van der Waals surface area contributed by atoms with Crippen LogP contribution in [0.3, 0.4) is 0 Å². The maximum absolute atomic E-state index is 12.7. The third-order valence-corrected chi connectivity index (χ3v) is 4.04. The summed E-state index contributed by atoms with van der Waals surface area (Å²) in [4.78, 5) is 12.7. The van der Waals surface area contributed by atoms with Crippen molar-refractivity contribution in [2.24, 2.45) is 0 Å². The highest BCUT2D eigenvalue weighted by molar-refractivity contribution is 9.10. The van der Waals surface area contributed by atoms with Crippen LogP contribution in [0.2, 0.25) is 0 Å². The second-order valence-electron chi connectivity index (χ2n) is 4.70. The zero-order valence-electron chi connectivity index (χ0n) is 11.3. The van der Waals surface area contributed by atoms with Crippen molar-refractivity contribution in [3.8, 4) is 11.5 Å². The first-order chi connectivity index (χ1) is 9.01. The Hall–Kier alpha value is -1.07. The Kier molecular flexibility index (Phi) is 4.16. The second kappa shape index (κ2) is 5.51. The third kappa shape index (κ3) is 2.62. The van der Waals surface area contributed by atoms with Gasteiger partial charge in [0, 0.05) is 6.61 Å². The summed E-state index contributed by atoms with van der Waals surface area (Å²) in [6, 6.07) is 3.43. The lowest BCUT2D eigenvalue weighted by molar-refractivity contribution is 0.0211. The molecular formula is C14H17BrO4. The number of Topliss-reactive ketones (excluding diaryl/α,β-unsaturated/α-hetero) is 1. The minimum absolute atomic E-state index is 0.0624. The van der Waals surface area contributed by atoms with E-state index < -0.39 is 5.60 Å². The number of hydrogen-bond donors (Lipinski definition) is 0. The Morgan fingerprint density at radius 1 is 1.32 bits per heavy atom. The average molecular weight is 329 g/mol. The molecule has 0 aromatic heterocycles. The number of ether oxygens (including phenoxy) is 3. The Labute approximate surface area is 121 Å². The molecule has 2 rings (SSSR count). The van der Waals surface area contributed by atoms with E-state index in [1.165, 1.54) is 0 Å². The number of carbonyl (C=O) groups excluding carboxylic acids is 1. The van der Waals surface area contributed by atoms with Crippen molar-refractivity contribution < 1.29 is 19.0 Å². The molecule has 104 valence electrons. The van der Waals surface area contributed by atoms with E-state index >= 15 is 0 Å². The number of rotatable bonds is 4. The van der Waals surface area contributed by atoms with E-state index in [2.05, 4.69) is 15.9 Å². The van der Waals surface area contributed by atoms with Gasteiger partial charge >= 0.3 is 0 Å². The van der Waals surface area contributed by atoms with Crippen LogP contribution < -0.4 is 9.47 Å². The molecule has 1 aromatic rings. The van der Waals surface area contributed by atoms with Crippen LogP contribution in [0, 0.1) is 0 Å². The summed E-state index contributed by atoms with van der Waals surface area (Å²) in [5, 5.41) is 0. The molecule has 0 radical (unpaired) electrons. The molecule has 1 unspecified atom stereocenters. The summed E-state index contributed by atoms with van der Waals surface area (Å²) in [6.45, 7) is 2.45. The van der Waals surface area contributed by atoms with E-state index in [4.69, 9.17) is 14.2 Å². The summed E-state index contributed by atoms with van der Waals surface area (Å²) < 4.78 is 16.9. The number of benzene rings is 1. The molecule has 0 N–H and O–H groups in total. The molecular weight excluding hydrogens is 312 g/mol. The van der Waals surface area contributed by atoms with Crippen LogP contribution in [0.1, 0.15) is 30.1 Å². The van der Waals surface area contributed by atoms with Crippen LogP contribution in [0.15, 0.2) is 16.6 Å². The van der Waals surface area contributed by atoms with Gasteiger partial charge in [-0.25, -0.2) is 0 Å². The molecule has 0 aliphatic carbocycles. The first-order valence-corrected chi connectivity index (χ1v) is 6.91. The van der Waals surface area contributed by atoms with Gasteiger partial charge in [0.25, 0.3) is 0 Å². The molecule has 1 aliphatic rings. The highest BCUT2D eigenvalue weighted by Crippen LogP contribution is 2.37. The molecule has 0 amide bonds. The van der Waals surface area contributed by atoms with Crippen LogP contribution >= 0.6 is 15.9 Å². The van der Waals surface area contributed by atoms with E-state index in [-0.39, 0.29) is 5.78 Å². The van der Waals surface area contributed by atoms with Gasteiger partial charge in [-0.1, -0.05) is 0 Å². The summed E-state index contributed by atoms with van der Waals surface area (Å²) in [5.41, 5.74) is -0.265. The van der Waals surface area contributed by atoms with Gasteiger partial charge in [-0.3, -0.25) is 4.79 Å². The molecule has 1 aliphatic heterocycles. The summed E-state index contributed by atoms with van der Waals surface area (Å²) >= 11 is 3.38. The fraction of sp³-hybridized carbons (Fsp3) is 0.500. The predicted molar refractivity (Wildman–Crippen MR) is 75.2 cm³/mol. The van der Waals surface area contributed by atoms with Gasteiger partial charge in [0.15, 0.2) is 5.78 Å². The molecule has 1 fully saturated rings. The fourth-order valence-corrected chi connectivity index (χ4v) is 2.77. The molecule has 0 spiro atoms. The molecule has 4 nitrogen and oxygen atoms in total. The van der Waals surface area contributed by atoms with Crippen molar-refractivity contribution in [1.82, 2.24) is 0 Å². The van der Waals surface area contributed by atoms with Crippen LogP contribution in [0.25, 0.3) is 0 Å². The van der Waals surface area contributed by atoms with Gasteiger partial charge in [-0.2, -0.15) is 0 Å². The number of ketones is 1. The van der Waals surface area contributed by atoms with E-state index in [9.17, 15) is 4.79 Å². The number of hydrogen-bond acceptors (Lipinski definition) is 4. The molecule has 1 saturated heterocycles. The largest absolute Gasteiger partial charge is 0.496 e. The zero-order chi connectivity index (χ0) is 14.0. The lowest BCUT2D eigenvalue weighted by Crippen LogP contribution is -2.34. The van der Waals surface area contributed by atoms with E-state index in [0.717, 1.165) is 17.3 Å². The van der Waals surface area contributed by atoms with Crippen LogP contribution in [-0.4, -0.2) is 32.2 Å². The monoisotopic (exact) mass is 328 g/mol. The van der Waals surface area contributed by atoms with Crippen molar-refractivity contribution in [2.75, 3.05) is 20.8 Å². The van der Waals surface area contributed by atoms with E-state index in [0.29, 0.717) is 23.7 Å². The minimum Gasteiger partial charge on any atom is -0.496 e. The standard InChI is InChI=1S/C14H17BrO4/c1-14(5-4-6-19-14)13(16)9-7-12(18-3)10(15)8-11(9)17-2/h7-8H,4-6H2,1-3H3. The smallest absolute Gasteiger partial charge is 0.198 e. The second-order valence-corrected chi connectivity index (χ2v) is 5.55. The predicted octanol–water partition coefficient (Wildman–Crippen LogP) is 3.22. The molecule has 0 saturated carbocycles. The average Bonchev–Trinajstić information content (AvgIpc) is 2.85.